The number of carbonyl (C=O) groups is 1. The zero-order chi connectivity index (χ0) is 21.1. The third kappa shape index (κ3) is 5.54. The Labute approximate surface area is 172 Å². The average Bonchev–Trinajstić information content (AvgIpc) is 2.59. The molecule has 152 valence electrons. The molecule has 0 bridgehead atoms. The minimum atomic E-state index is -3.61. The molecule has 0 saturated heterocycles. The predicted molar refractivity (Wildman–Crippen MR) is 112 cm³/mol. The molecule has 0 heterocycles. The summed E-state index contributed by atoms with van der Waals surface area (Å²) in [5, 5.41) is 3.02. The van der Waals surface area contributed by atoms with Crippen molar-refractivity contribution in [1.29, 1.82) is 0 Å². The number of hydrogen-bond donors (Lipinski definition) is 2. The normalized spacial score (nSPS) is 12.8. The Kier molecular flexibility index (Phi) is 7.22. The Morgan fingerprint density at radius 2 is 1.82 bits per heavy atom. The van der Waals surface area contributed by atoms with Gasteiger partial charge in [-0.2, -0.15) is 0 Å². The first-order valence-corrected chi connectivity index (χ1v) is 10.7. The molecule has 0 spiro atoms. The molecule has 2 aromatic carbocycles. The molecule has 1 atom stereocenters. The van der Waals surface area contributed by atoms with Crippen LogP contribution in [0.3, 0.4) is 0 Å². The van der Waals surface area contributed by atoms with Gasteiger partial charge in [-0.25, -0.2) is 12.7 Å². The van der Waals surface area contributed by atoms with Gasteiger partial charge in [0.05, 0.1) is 22.7 Å². The fourth-order valence-electron chi connectivity index (χ4n) is 2.87. The lowest BCUT2D eigenvalue weighted by molar-refractivity contribution is -0.885. The zero-order valence-electron chi connectivity index (χ0n) is 16.8. The molecule has 2 rings (SSSR count). The third-order valence-corrected chi connectivity index (χ3v) is 6.58. The number of nitrogens with one attached hydrogen (secondary N) is 2. The van der Waals surface area contributed by atoms with Gasteiger partial charge in [-0.1, -0.05) is 35.4 Å². The van der Waals surface area contributed by atoms with Crippen molar-refractivity contribution in [3.05, 3.63) is 58.1 Å². The predicted octanol–water partition coefficient (Wildman–Crippen LogP) is 1.86. The van der Waals surface area contributed by atoms with Gasteiger partial charge in [0, 0.05) is 19.7 Å². The van der Waals surface area contributed by atoms with Crippen molar-refractivity contribution in [2.24, 2.45) is 0 Å². The maximum Gasteiger partial charge on any atom is 0.279 e. The molecule has 0 aliphatic heterocycles. The van der Waals surface area contributed by atoms with E-state index in [0.29, 0.717) is 6.54 Å². The lowest BCUT2D eigenvalue weighted by Crippen LogP contribution is -3.08. The number of benzene rings is 2. The highest BCUT2D eigenvalue weighted by atomic mass is 35.5. The lowest BCUT2D eigenvalue weighted by Gasteiger charge is -2.17. The first-order valence-electron chi connectivity index (χ1n) is 8.90. The van der Waals surface area contributed by atoms with E-state index in [2.05, 4.69) is 37.4 Å². The first kappa shape index (κ1) is 22.4. The number of sulfonamides is 1. The summed E-state index contributed by atoms with van der Waals surface area (Å²) in [7, 11) is 1.24. The van der Waals surface area contributed by atoms with Crippen molar-refractivity contribution in [2.45, 2.75) is 25.3 Å². The van der Waals surface area contributed by atoms with Gasteiger partial charge >= 0.3 is 0 Å². The summed E-state index contributed by atoms with van der Waals surface area (Å²) < 4.78 is 25.7. The number of carbonyl (C=O) groups excluding carboxylic acids is 1. The van der Waals surface area contributed by atoms with Crippen molar-refractivity contribution in [2.75, 3.05) is 33.0 Å². The van der Waals surface area contributed by atoms with Gasteiger partial charge in [0.2, 0.25) is 10.0 Å². The highest BCUT2D eigenvalue weighted by Gasteiger charge is 2.20. The van der Waals surface area contributed by atoms with E-state index in [1.165, 1.54) is 49.0 Å². The topological polar surface area (TPSA) is 70.9 Å². The van der Waals surface area contributed by atoms with Gasteiger partial charge in [0.25, 0.3) is 5.91 Å². The van der Waals surface area contributed by atoms with Gasteiger partial charge in [-0.3, -0.25) is 4.79 Å². The SMILES string of the molecule is Cc1ccc(C[NH+](C)CC(=O)Nc2cc(S(=O)(=O)N(C)C)ccc2Cl)c(C)c1. The summed E-state index contributed by atoms with van der Waals surface area (Å²) in [6, 6.07) is 10.5. The molecule has 0 aliphatic rings. The molecule has 0 fully saturated rings. The highest BCUT2D eigenvalue weighted by Crippen LogP contribution is 2.26. The van der Waals surface area contributed by atoms with Crippen molar-refractivity contribution in [3.63, 3.8) is 0 Å². The molecule has 1 amide bonds. The number of likely N-dealkylation sites (N-methyl/N-ethyl adjacent to an activating group) is 1. The van der Waals surface area contributed by atoms with Crippen molar-refractivity contribution < 1.29 is 18.1 Å². The third-order valence-electron chi connectivity index (χ3n) is 4.44. The molecule has 1 unspecified atom stereocenters. The number of halogens is 1. The lowest BCUT2D eigenvalue weighted by atomic mass is 10.1. The fraction of sp³-hybridized carbons (Fsp3) is 0.350. The van der Waals surface area contributed by atoms with Crippen LogP contribution >= 0.6 is 11.6 Å². The fourth-order valence-corrected chi connectivity index (χ4v) is 3.96. The van der Waals surface area contributed by atoms with Crippen molar-refractivity contribution in [3.8, 4) is 0 Å². The number of nitrogens with zero attached hydrogens (tertiary/aromatic N) is 1. The second-order valence-corrected chi connectivity index (χ2v) is 9.78. The Bertz CT molecular complexity index is 975. The van der Waals surface area contributed by atoms with Crippen molar-refractivity contribution >= 4 is 33.2 Å². The number of amides is 1. The van der Waals surface area contributed by atoms with E-state index in [0.717, 1.165) is 9.21 Å². The van der Waals surface area contributed by atoms with Crippen LogP contribution in [0.15, 0.2) is 41.3 Å². The second kappa shape index (κ2) is 9.05. The summed E-state index contributed by atoms with van der Waals surface area (Å²) in [5.41, 5.74) is 3.88. The summed E-state index contributed by atoms with van der Waals surface area (Å²) in [6.45, 7) is 5.05. The molecule has 0 aromatic heterocycles. The van der Waals surface area contributed by atoms with E-state index in [9.17, 15) is 13.2 Å². The minimum Gasteiger partial charge on any atom is -0.326 e. The van der Waals surface area contributed by atoms with E-state index in [1.54, 1.807) is 0 Å². The number of rotatable bonds is 7. The van der Waals surface area contributed by atoms with Gasteiger partial charge in [0.1, 0.15) is 6.54 Å². The minimum absolute atomic E-state index is 0.0770. The number of hydrogen-bond acceptors (Lipinski definition) is 3. The second-order valence-electron chi connectivity index (χ2n) is 7.22. The number of anilines is 1. The first-order chi connectivity index (χ1) is 13.0. The van der Waals surface area contributed by atoms with Gasteiger partial charge in [0.15, 0.2) is 6.54 Å². The molecule has 28 heavy (non-hydrogen) atoms. The maximum absolute atomic E-state index is 12.4. The Morgan fingerprint density at radius 3 is 2.43 bits per heavy atom. The Morgan fingerprint density at radius 1 is 1.14 bits per heavy atom. The quantitative estimate of drug-likeness (QED) is 0.712. The number of quaternary nitrogens is 1. The van der Waals surface area contributed by atoms with Crippen molar-refractivity contribution in [1.82, 2.24) is 4.31 Å². The van der Waals surface area contributed by atoms with E-state index in [4.69, 9.17) is 11.6 Å². The zero-order valence-corrected chi connectivity index (χ0v) is 18.4. The van der Waals surface area contributed by atoms with E-state index < -0.39 is 10.0 Å². The summed E-state index contributed by atoms with van der Waals surface area (Å²) in [5.74, 6) is -0.233. The van der Waals surface area contributed by atoms with E-state index in [1.807, 2.05) is 7.05 Å². The maximum atomic E-state index is 12.4. The van der Waals surface area contributed by atoms with Crippen LogP contribution in [-0.2, 0) is 21.4 Å². The molecule has 6 nitrogen and oxygen atoms in total. The summed E-state index contributed by atoms with van der Waals surface area (Å²) in [4.78, 5) is 13.5. The number of aryl methyl sites for hydroxylation is 2. The molecule has 2 aromatic rings. The van der Waals surface area contributed by atoms with E-state index in [-0.39, 0.29) is 28.1 Å². The van der Waals surface area contributed by atoms with Crippen LogP contribution in [0.4, 0.5) is 5.69 Å². The van der Waals surface area contributed by atoms with Crippen LogP contribution in [0.2, 0.25) is 5.02 Å². The molecular formula is C20H27ClN3O3S+. The molecular weight excluding hydrogens is 398 g/mol. The van der Waals surface area contributed by atoms with Crippen LogP contribution in [-0.4, -0.2) is 46.3 Å². The monoisotopic (exact) mass is 424 g/mol. The Balaban J connectivity index is 2.08. The molecule has 2 N–H and O–H groups in total. The standard InChI is InChI=1S/C20H26ClN3O3S/c1-14-6-7-16(15(2)10-14)12-24(5)13-20(25)22-19-11-17(8-9-18(19)21)28(26,27)23(3)4/h6-11H,12-13H2,1-5H3,(H,22,25)/p+1. The molecule has 0 aliphatic carbocycles. The van der Waals surface area contributed by atoms with Crippen LogP contribution in [0.5, 0.6) is 0 Å². The summed E-state index contributed by atoms with van der Waals surface area (Å²) in [6.07, 6.45) is 0. The smallest absolute Gasteiger partial charge is 0.279 e. The van der Waals surface area contributed by atoms with Crippen LogP contribution in [0.1, 0.15) is 16.7 Å². The Hall–Kier alpha value is -1.93. The van der Waals surface area contributed by atoms with Gasteiger partial charge in [-0.05, 0) is 37.6 Å². The van der Waals surface area contributed by atoms with Crippen LogP contribution in [0.25, 0.3) is 0 Å². The largest absolute Gasteiger partial charge is 0.326 e. The summed E-state index contributed by atoms with van der Waals surface area (Å²) >= 11 is 6.14. The highest BCUT2D eigenvalue weighted by molar-refractivity contribution is 7.89. The molecule has 0 radical (unpaired) electrons. The van der Waals surface area contributed by atoms with Crippen LogP contribution < -0.4 is 10.2 Å². The molecule has 8 heteroatoms. The van der Waals surface area contributed by atoms with Crippen LogP contribution in [0, 0.1) is 13.8 Å². The van der Waals surface area contributed by atoms with Gasteiger partial charge in [-0.15, -0.1) is 0 Å². The molecule has 0 saturated carbocycles. The van der Waals surface area contributed by atoms with E-state index >= 15 is 0 Å². The average molecular weight is 425 g/mol. The van der Waals surface area contributed by atoms with Gasteiger partial charge < -0.3 is 10.2 Å².